The van der Waals surface area contributed by atoms with Gasteiger partial charge in [-0.05, 0) is 43.9 Å². The van der Waals surface area contributed by atoms with Gasteiger partial charge < -0.3 is 9.47 Å². The van der Waals surface area contributed by atoms with E-state index < -0.39 is 5.60 Å². The van der Waals surface area contributed by atoms with Gasteiger partial charge in [-0.25, -0.2) is 0 Å². The highest BCUT2D eigenvalue weighted by Crippen LogP contribution is 2.41. The Morgan fingerprint density at radius 2 is 2.17 bits per heavy atom. The van der Waals surface area contributed by atoms with E-state index in [2.05, 4.69) is 0 Å². The SMILES string of the molecule is COC(=O)CC1(Oc2ccc(C)cc2Cl)CCC1. The Morgan fingerprint density at radius 1 is 1.44 bits per heavy atom. The number of hydrogen-bond donors (Lipinski definition) is 0. The van der Waals surface area contributed by atoms with Crippen LogP contribution in [0.3, 0.4) is 0 Å². The first-order valence-corrected chi connectivity index (χ1v) is 6.44. The maximum Gasteiger partial charge on any atom is 0.309 e. The molecular weight excluding hydrogens is 252 g/mol. The molecule has 1 fully saturated rings. The van der Waals surface area contributed by atoms with E-state index in [9.17, 15) is 4.79 Å². The van der Waals surface area contributed by atoms with E-state index in [1.807, 2.05) is 25.1 Å². The van der Waals surface area contributed by atoms with E-state index in [1.165, 1.54) is 7.11 Å². The minimum Gasteiger partial charge on any atom is -0.485 e. The Morgan fingerprint density at radius 3 is 2.67 bits per heavy atom. The molecule has 1 aromatic rings. The second-order valence-corrected chi connectivity index (χ2v) is 5.23. The van der Waals surface area contributed by atoms with Gasteiger partial charge >= 0.3 is 5.97 Å². The smallest absolute Gasteiger partial charge is 0.309 e. The van der Waals surface area contributed by atoms with Gasteiger partial charge in [-0.2, -0.15) is 0 Å². The standard InChI is InChI=1S/C14H17ClO3/c1-10-4-5-12(11(15)8-10)18-14(6-3-7-14)9-13(16)17-2/h4-5,8H,3,6-7,9H2,1-2H3. The molecule has 3 nitrogen and oxygen atoms in total. The highest BCUT2D eigenvalue weighted by molar-refractivity contribution is 6.32. The van der Waals surface area contributed by atoms with Crippen LogP contribution in [0.1, 0.15) is 31.2 Å². The molecule has 0 spiro atoms. The molecule has 18 heavy (non-hydrogen) atoms. The molecule has 0 radical (unpaired) electrons. The Kier molecular flexibility index (Phi) is 3.81. The summed E-state index contributed by atoms with van der Waals surface area (Å²) in [6.45, 7) is 1.98. The molecule has 98 valence electrons. The van der Waals surface area contributed by atoms with Crippen LogP contribution in [0.5, 0.6) is 5.75 Å². The van der Waals surface area contributed by atoms with Crippen LogP contribution in [0, 0.1) is 6.92 Å². The van der Waals surface area contributed by atoms with E-state index in [4.69, 9.17) is 21.1 Å². The van der Waals surface area contributed by atoms with Crippen molar-refractivity contribution in [3.63, 3.8) is 0 Å². The topological polar surface area (TPSA) is 35.5 Å². The van der Waals surface area contributed by atoms with E-state index in [1.54, 1.807) is 0 Å². The molecule has 2 rings (SSSR count). The molecule has 1 aliphatic carbocycles. The zero-order valence-corrected chi connectivity index (χ0v) is 11.4. The van der Waals surface area contributed by atoms with Crippen LogP contribution in [-0.2, 0) is 9.53 Å². The van der Waals surface area contributed by atoms with Gasteiger partial charge in [0.15, 0.2) is 0 Å². The van der Waals surface area contributed by atoms with E-state index >= 15 is 0 Å². The normalized spacial score (nSPS) is 16.8. The van der Waals surface area contributed by atoms with Crippen LogP contribution < -0.4 is 4.74 Å². The molecule has 0 atom stereocenters. The lowest BCUT2D eigenvalue weighted by atomic mass is 9.77. The summed E-state index contributed by atoms with van der Waals surface area (Å²) in [5.74, 6) is 0.406. The minimum absolute atomic E-state index is 0.238. The number of aryl methyl sites for hydroxylation is 1. The van der Waals surface area contributed by atoms with Crippen molar-refractivity contribution in [2.24, 2.45) is 0 Å². The van der Waals surface area contributed by atoms with Gasteiger partial charge in [-0.15, -0.1) is 0 Å². The quantitative estimate of drug-likeness (QED) is 0.784. The van der Waals surface area contributed by atoms with Crippen molar-refractivity contribution in [2.45, 2.75) is 38.2 Å². The molecule has 0 aliphatic heterocycles. The molecular formula is C14H17ClO3. The average Bonchev–Trinajstić information content (AvgIpc) is 2.29. The molecule has 4 heteroatoms. The molecule has 0 saturated heterocycles. The summed E-state index contributed by atoms with van der Waals surface area (Å²) in [5, 5.41) is 0.589. The second-order valence-electron chi connectivity index (χ2n) is 4.83. The Balaban J connectivity index is 2.12. The lowest BCUT2D eigenvalue weighted by Gasteiger charge is -2.41. The predicted octanol–water partition coefficient (Wildman–Crippen LogP) is 3.51. The van der Waals surface area contributed by atoms with Crippen molar-refractivity contribution in [1.29, 1.82) is 0 Å². The summed E-state index contributed by atoms with van der Waals surface area (Å²) in [5.41, 5.74) is 0.661. The predicted molar refractivity (Wildman–Crippen MR) is 70.0 cm³/mol. The van der Waals surface area contributed by atoms with Crippen LogP contribution >= 0.6 is 11.6 Å². The maximum absolute atomic E-state index is 11.4. The van der Waals surface area contributed by atoms with Crippen LogP contribution in [0.2, 0.25) is 5.02 Å². The van der Waals surface area contributed by atoms with Crippen molar-refractivity contribution in [3.8, 4) is 5.75 Å². The number of hydrogen-bond acceptors (Lipinski definition) is 3. The van der Waals surface area contributed by atoms with Gasteiger partial charge in [0, 0.05) is 0 Å². The first-order valence-electron chi connectivity index (χ1n) is 6.07. The summed E-state index contributed by atoms with van der Waals surface area (Å²) in [6.07, 6.45) is 3.09. The average molecular weight is 269 g/mol. The summed E-state index contributed by atoms with van der Waals surface area (Å²) in [7, 11) is 1.40. The Labute approximate surface area is 112 Å². The lowest BCUT2D eigenvalue weighted by Crippen LogP contribution is -2.45. The Hall–Kier alpha value is -1.22. The number of ether oxygens (including phenoxy) is 2. The molecule has 0 aromatic heterocycles. The summed E-state index contributed by atoms with van der Waals surface area (Å²) in [6, 6.07) is 5.67. The third kappa shape index (κ3) is 2.78. The molecule has 0 heterocycles. The molecule has 0 bridgehead atoms. The summed E-state index contributed by atoms with van der Waals surface area (Å²) in [4.78, 5) is 11.4. The van der Waals surface area contributed by atoms with Crippen LogP contribution in [0.4, 0.5) is 0 Å². The van der Waals surface area contributed by atoms with Crippen LogP contribution in [0.25, 0.3) is 0 Å². The number of halogens is 1. The lowest BCUT2D eigenvalue weighted by molar-refractivity contribution is -0.148. The monoisotopic (exact) mass is 268 g/mol. The highest BCUT2D eigenvalue weighted by Gasteiger charge is 2.42. The first kappa shape index (κ1) is 13.2. The molecule has 1 aliphatic rings. The molecule has 0 unspecified atom stereocenters. The van der Waals surface area contributed by atoms with Crippen LogP contribution in [0.15, 0.2) is 18.2 Å². The van der Waals surface area contributed by atoms with Crippen molar-refractivity contribution in [2.75, 3.05) is 7.11 Å². The number of benzene rings is 1. The van der Waals surface area contributed by atoms with Gasteiger partial charge in [0.2, 0.25) is 0 Å². The summed E-state index contributed by atoms with van der Waals surface area (Å²) < 4.78 is 10.7. The fourth-order valence-corrected chi connectivity index (χ4v) is 2.42. The van der Waals surface area contributed by atoms with Gasteiger partial charge in [0.05, 0.1) is 18.6 Å². The fraction of sp³-hybridized carbons (Fsp3) is 0.500. The number of methoxy groups -OCH3 is 1. The summed E-state index contributed by atoms with van der Waals surface area (Å²) >= 11 is 6.15. The number of carbonyl (C=O) groups excluding carboxylic acids is 1. The third-order valence-corrected chi connectivity index (χ3v) is 3.67. The first-order chi connectivity index (χ1) is 8.54. The molecule has 0 amide bonds. The number of esters is 1. The van der Waals surface area contributed by atoms with Crippen LogP contribution in [-0.4, -0.2) is 18.7 Å². The largest absolute Gasteiger partial charge is 0.485 e. The second kappa shape index (κ2) is 5.19. The number of rotatable bonds is 4. The zero-order valence-electron chi connectivity index (χ0n) is 10.7. The van der Waals surface area contributed by atoms with Crippen molar-refractivity contribution in [1.82, 2.24) is 0 Å². The van der Waals surface area contributed by atoms with E-state index in [0.717, 1.165) is 24.8 Å². The van der Waals surface area contributed by atoms with E-state index in [-0.39, 0.29) is 12.4 Å². The highest BCUT2D eigenvalue weighted by atomic mass is 35.5. The van der Waals surface area contributed by atoms with Crippen molar-refractivity contribution < 1.29 is 14.3 Å². The van der Waals surface area contributed by atoms with Gasteiger partial charge in [0.1, 0.15) is 11.4 Å². The zero-order chi connectivity index (χ0) is 13.2. The van der Waals surface area contributed by atoms with Crippen molar-refractivity contribution in [3.05, 3.63) is 28.8 Å². The van der Waals surface area contributed by atoms with Gasteiger partial charge in [0.25, 0.3) is 0 Å². The Bertz CT molecular complexity index is 452. The number of carbonyl (C=O) groups is 1. The van der Waals surface area contributed by atoms with Crippen molar-refractivity contribution >= 4 is 17.6 Å². The third-order valence-electron chi connectivity index (χ3n) is 3.37. The maximum atomic E-state index is 11.4. The molecule has 1 aromatic carbocycles. The fourth-order valence-electron chi connectivity index (χ4n) is 2.14. The van der Waals surface area contributed by atoms with E-state index in [0.29, 0.717) is 10.8 Å². The van der Waals surface area contributed by atoms with Gasteiger partial charge in [-0.3, -0.25) is 4.79 Å². The molecule has 0 N–H and O–H groups in total. The molecule has 1 saturated carbocycles. The van der Waals surface area contributed by atoms with Gasteiger partial charge in [-0.1, -0.05) is 17.7 Å². The minimum atomic E-state index is -0.425.